The minimum Gasteiger partial charge on any atom is -0.444 e. The molecule has 0 aliphatic carbocycles. The van der Waals surface area contributed by atoms with Gasteiger partial charge in [0.25, 0.3) is 0 Å². The third-order valence-electron chi connectivity index (χ3n) is 4.77. The third kappa shape index (κ3) is 4.47. The molecule has 3 rings (SSSR count). The molecular formula is C22H31NO3. The molecule has 0 aromatic heterocycles. The zero-order valence-corrected chi connectivity index (χ0v) is 16.6. The maximum Gasteiger partial charge on any atom is 0.411 e. The quantitative estimate of drug-likeness (QED) is 0.788. The Kier molecular flexibility index (Phi) is 5.42. The Morgan fingerprint density at radius 1 is 1.23 bits per heavy atom. The van der Waals surface area contributed by atoms with Crippen LogP contribution in [0.3, 0.4) is 0 Å². The number of nitrogens with zero attached hydrogens (tertiary/aromatic N) is 1. The predicted molar refractivity (Wildman–Crippen MR) is 104 cm³/mol. The first kappa shape index (κ1) is 19.0. The summed E-state index contributed by atoms with van der Waals surface area (Å²) in [6, 6.07) is 8.86. The molecule has 142 valence electrons. The molecule has 0 spiro atoms. The second kappa shape index (κ2) is 7.43. The van der Waals surface area contributed by atoms with Crippen molar-refractivity contribution in [3.8, 4) is 0 Å². The van der Waals surface area contributed by atoms with E-state index in [-0.39, 0.29) is 18.2 Å². The molecule has 1 aromatic rings. The van der Waals surface area contributed by atoms with Crippen LogP contribution in [0.2, 0.25) is 0 Å². The number of hydrogen-bond acceptors (Lipinski definition) is 3. The first-order chi connectivity index (χ1) is 12.2. The van der Waals surface area contributed by atoms with E-state index >= 15 is 0 Å². The second-order valence-electron chi connectivity index (χ2n) is 8.84. The summed E-state index contributed by atoms with van der Waals surface area (Å²) in [7, 11) is 0. The average Bonchev–Trinajstić information content (AvgIpc) is 2.52. The molecule has 2 bridgehead atoms. The fourth-order valence-corrected chi connectivity index (χ4v) is 3.74. The number of amides is 1. The monoisotopic (exact) mass is 357 g/mol. The van der Waals surface area contributed by atoms with Crippen molar-refractivity contribution in [1.82, 2.24) is 4.90 Å². The van der Waals surface area contributed by atoms with Crippen molar-refractivity contribution >= 4 is 11.7 Å². The molecule has 1 amide bonds. The fourth-order valence-electron chi connectivity index (χ4n) is 3.74. The van der Waals surface area contributed by atoms with Gasteiger partial charge in [-0.2, -0.15) is 0 Å². The molecular weight excluding hydrogens is 326 g/mol. The number of carbonyl (C=O) groups is 1. The van der Waals surface area contributed by atoms with Crippen LogP contribution >= 0.6 is 0 Å². The van der Waals surface area contributed by atoms with E-state index in [1.807, 2.05) is 25.7 Å². The summed E-state index contributed by atoms with van der Waals surface area (Å²) in [4.78, 5) is 14.5. The highest BCUT2D eigenvalue weighted by Crippen LogP contribution is 2.33. The van der Waals surface area contributed by atoms with Crippen LogP contribution in [0, 0.1) is 5.92 Å². The van der Waals surface area contributed by atoms with Crippen molar-refractivity contribution < 1.29 is 14.3 Å². The van der Waals surface area contributed by atoms with E-state index in [1.165, 1.54) is 16.7 Å². The lowest BCUT2D eigenvalue weighted by Crippen LogP contribution is -2.57. The van der Waals surface area contributed by atoms with Gasteiger partial charge in [-0.25, -0.2) is 4.79 Å². The molecule has 4 nitrogen and oxygen atoms in total. The maximum atomic E-state index is 12.6. The minimum absolute atomic E-state index is 0.0407. The van der Waals surface area contributed by atoms with E-state index in [4.69, 9.17) is 9.47 Å². The molecule has 1 fully saturated rings. The van der Waals surface area contributed by atoms with Crippen LogP contribution in [0.4, 0.5) is 4.79 Å². The smallest absolute Gasteiger partial charge is 0.411 e. The number of benzene rings is 1. The summed E-state index contributed by atoms with van der Waals surface area (Å²) in [6.45, 7) is 11.3. The lowest BCUT2D eigenvalue weighted by Gasteiger charge is -2.44. The Labute approximate surface area is 157 Å². The van der Waals surface area contributed by atoms with Crippen molar-refractivity contribution in [2.75, 3.05) is 13.2 Å². The normalized spacial score (nSPS) is 23.0. The van der Waals surface area contributed by atoms with Crippen LogP contribution in [0.15, 0.2) is 30.3 Å². The van der Waals surface area contributed by atoms with Crippen LogP contribution in [0.1, 0.15) is 52.2 Å². The molecule has 2 atom stereocenters. The summed E-state index contributed by atoms with van der Waals surface area (Å²) in [6.07, 6.45) is 3.85. The average molecular weight is 357 g/mol. The summed E-state index contributed by atoms with van der Waals surface area (Å²) in [5, 5.41) is 0. The van der Waals surface area contributed by atoms with Crippen molar-refractivity contribution in [3.05, 3.63) is 41.5 Å². The lowest BCUT2D eigenvalue weighted by atomic mass is 9.89. The Balaban J connectivity index is 1.78. The van der Waals surface area contributed by atoms with Crippen molar-refractivity contribution in [2.45, 2.75) is 65.1 Å². The molecule has 26 heavy (non-hydrogen) atoms. The van der Waals surface area contributed by atoms with Gasteiger partial charge in [0.2, 0.25) is 0 Å². The molecule has 2 aliphatic rings. The lowest BCUT2D eigenvalue weighted by molar-refractivity contribution is -0.0510. The van der Waals surface area contributed by atoms with Crippen LogP contribution in [0.25, 0.3) is 5.57 Å². The van der Waals surface area contributed by atoms with Crippen molar-refractivity contribution in [2.24, 2.45) is 5.92 Å². The standard InChI is InChI=1S/C22H31NO3/c1-15(2)10-16-6-8-17(9-7-16)18-11-19-13-25-14-20(12-18)23(19)21(24)26-22(3,4)5/h6-9,11,15,19-20H,10,12-14H2,1-5H3. The van der Waals surface area contributed by atoms with E-state index < -0.39 is 5.60 Å². The van der Waals surface area contributed by atoms with E-state index in [2.05, 4.69) is 44.2 Å². The highest BCUT2D eigenvalue weighted by atomic mass is 16.6. The summed E-state index contributed by atoms with van der Waals surface area (Å²) in [5.41, 5.74) is 3.44. The maximum absolute atomic E-state index is 12.6. The zero-order valence-electron chi connectivity index (χ0n) is 16.6. The minimum atomic E-state index is -0.484. The first-order valence-corrected chi connectivity index (χ1v) is 9.62. The van der Waals surface area contributed by atoms with Crippen LogP contribution < -0.4 is 0 Å². The fraction of sp³-hybridized carbons (Fsp3) is 0.591. The first-order valence-electron chi connectivity index (χ1n) is 9.62. The topological polar surface area (TPSA) is 38.8 Å². The Hall–Kier alpha value is -1.81. The van der Waals surface area contributed by atoms with Gasteiger partial charge in [0.15, 0.2) is 0 Å². The SMILES string of the molecule is CC(C)Cc1ccc(C2=CC3COCC(C2)N3C(=O)OC(C)(C)C)cc1. The van der Waals surface area contributed by atoms with Gasteiger partial charge >= 0.3 is 6.09 Å². The summed E-state index contributed by atoms with van der Waals surface area (Å²) in [5.74, 6) is 0.661. The largest absolute Gasteiger partial charge is 0.444 e. The number of ether oxygens (including phenoxy) is 2. The molecule has 0 radical (unpaired) electrons. The third-order valence-corrected chi connectivity index (χ3v) is 4.77. The molecule has 2 heterocycles. The Morgan fingerprint density at radius 3 is 2.50 bits per heavy atom. The molecule has 2 unspecified atom stereocenters. The number of hydrogen-bond donors (Lipinski definition) is 0. The van der Waals surface area contributed by atoms with Gasteiger partial charge in [0.1, 0.15) is 5.60 Å². The van der Waals surface area contributed by atoms with E-state index in [0.717, 1.165) is 12.8 Å². The Bertz CT molecular complexity index is 670. The van der Waals surface area contributed by atoms with Gasteiger partial charge in [-0.15, -0.1) is 0 Å². The van der Waals surface area contributed by atoms with Crippen LogP contribution in [0.5, 0.6) is 0 Å². The van der Waals surface area contributed by atoms with Gasteiger partial charge < -0.3 is 9.47 Å². The summed E-state index contributed by atoms with van der Waals surface area (Å²) < 4.78 is 11.3. The number of rotatable bonds is 3. The number of carbonyl (C=O) groups excluding carboxylic acids is 1. The highest BCUT2D eigenvalue weighted by Gasteiger charge is 2.40. The van der Waals surface area contributed by atoms with E-state index in [9.17, 15) is 4.79 Å². The highest BCUT2D eigenvalue weighted by molar-refractivity contribution is 5.74. The molecule has 1 aromatic carbocycles. The second-order valence-corrected chi connectivity index (χ2v) is 8.84. The van der Waals surface area contributed by atoms with Crippen molar-refractivity contribution in [1.29, 1.82) is 0 Å². The van der Waals surface area contributed by atoms with Gasteiger partial charge in [-0.05, 0) is 56.2 Å². The van der Waals surface area contributed by atoms with E-state index in [1.54, 1.807) is 0 Å². The zero-order chi connectivity index (χ0) is 18.9. The van der Waals surface area contributed by atoms with E-state index in [0.29, 0.717) is 19.1 Å². The van der Waals surface area contributed by atoms with Crippen LogP contribution in [-0.4, -0.2) is 41.9 Å². The van der Waals surface area contributed by atoms with Gasteiger partial charge in [-0.1, -0.05) is 44.2 Å². The molecule has 0 N–H and O–H groups in total. The predicted octanol–water partition coefficient (Wildman–Crippen LogP) is 4.68. The van der Waals surface area contributed by atoms with Gasteiger partial charge in [0.05, 0.1) is 25.3 Å². The Morgan fingerprint density at radius 2 is 1.92 bits per heavy atom. The van der Waals surface area contributed by atoms with Gasteiger partial charge in [-0.3, -0.25) is 4.90 Å². The van der Waals surface area contributed by atoms with Crippen molar-refractivity contribution in [3.63, 3.8) is 0 Å². The number of morpholine rings is 1. The molecule has 1 saturated heterocycles. The summed E-state index contributed by atoms with van der Waals surface area (Å²) >= 11 is 0. The molecule has 0 saturated carbocycles. The van der Waals surface area contributed by atoms with Crippen LogP contribution in [-0.2, 0) is 15.9 Å². The molecule has 4 heteroatoms. The van der Waals surface area contributed by atoms with Gasteiger partial charge in [0, 0.05) is 0 Å². The number of fused-ring (bicyclic) bond motifs is 2. The molecule has 2 aliphatic heterocycles.